The number of aliphatic carboxylic acids is 1. The summed E-state index contributed by atoms with van der Waals surface area (Å²) in [6, 6.07) is 0.277. The maximum absolute atomic E-state index is 12.3. The van der Waals surface area contributed by atoms with E-state index < -0.39 is 29.2 Å². The van der Waals surface area contributed by atoms with Gasteiger partial charge in [0.2, 0.25) is 0 Å². The van der Waals surface area contributed by atoms with Crippen LogP contribution in [-0.4, -0.2) is 37.1 Å². The quantitative estimate of drug-likeness (QED) is 0.775. The van der Waals surface area contributed by atoms with Crippen LogP contribution in [-0.2, 0) is 18.9 Å². The molecule has 0 fully saturated rings. The summed E-state index contributed by atoms with van der Waals surface area (Å²) in [5, 5.41) is 11.8. The van der Waals surface area contributed by atoms with Crippen LogP contribution in [0.15, 0.2) is 21.9 Å². The number of fused-ring (bicyclic) bond motifs is 1. The minimum atomic E-state index is -1.13. The van der Waals surface area contributed by atoms with Crippen molar-refractivity contribution in [3.8, 4) is 0 Å². The zero-order valence-corrected chi connectivity index (χ0v) is 14.4. The number of pyridine rings is 1. The lowest BCUT2D eigenvalue weighted by Gasteiger charge is -2.16. The van der Waals surface area contributed by atoms with E-state index in [0.29, 0.717) is 0 Å². The molecule has 0 spiro atoms. The maximum atomic E-state index is 12.3. The highest BCUT2D eigenvalue weighted by Crippen LogP contribution is 2.10. The van der Waals surface area contributed by atoms with Gasteiger partial charge in [-0.25, -0.2) is 14.6 Å². The fourth-order valence-electron chi connectivity index (χ4n) is 2.52. The maximum Gasteiger partial charge on any atom is 0.332 e. The lowest BCUT2D eigenvalue weighted by Crippen LogP contribution is -2.42. The molecule has 0 saturated carbocycles. The Kier molecular flexibility index (Phi) is 5.05. The lowest BCUT2D eigenvalue weighted by molar-refractivity contribution is -0.139. The molecule has 2 rings (SSSR count). The SMILES string of the molecule is CC(C)C[C@H](NC(=O)c1cnc2c(c1)c(=O)n(C)c(=O)n2C)C(=O)O. The summed E-state index contributed by atoms with van der Waals surface area (Å²) in [4.78, 5) is 51.8. The average Bonchev–Trinajstić information content (AvgIpc) is 2.56. The second-order valence-electron chi connectivity index (χ2n) is 6.29. The molecule has 0 aliphatic heterocycles. The second-order valence-corrected chi connectivity index (χ2v) is 6.29. The van der Waals surface area contributed by atoms with Gasteiger partial charge in [0, 0.05) is 20.3 Å². The third-order valence-electron chi connectivity index (χ3n) is 3.87. The third-order valence-corrected chi connectivity index (χ3v) is 3.87. The molecule has 1 amide bonds. The predicted molar refractivity (Wildman–Crippen MR) is 90.6 cm³/mol. The number of nitrogens with one attached hydrogen (secondary N) is 1. The Balaban J connectivity index is 2.45. The van der Waals surface area contributed by atoms with E-state index in [0.717, 1.165) is 4.57 Å². The van der Waals surface area contributed by atoms with Crippen molar-refractivity contribution in [3.05, 3.63) is 38.7 Å². The molecular weight excluding hydrogens is 328 g/mol. The number of carbonyl (C=O) groups is 2. The Morgan fingerprint density at radius 1 is 1.24 bits per heavy atom. The van der Waals surface area contributed by atoms with E-state index in [-0.39, 0.29) is 28.9 Å². The van der Waals surface area contributed by atoms with Crippen molar-refractivity contribution in [2.75, 3.05) is 0 Å². The Hall–Kier alpha value is -2.97. The van der Waals surface area contributed by atoms with Gasteiger partial charge in [0.1, 0.15) is 11.7 Å². The molecule has 0 radical (unpaired) electrons. The summed E-state index contributed by atoms with van der Waals surface area (Å²) in [6.45, 7) is 3.70. The zero-order chi connectivity index (χ0) is 18.9. The molecule has 0 aliphatic carbocycles. The molecule has 9 heteroatoms. The Bertz CT molecular complexity index is 957. The number of nitrogens with zero attached hydrogens (tertiary/aromatic N) is 3. The summed E-state index contributed by atoms with van der Waals surface area (Å²) in [6.07, 6.45) is 1.49. The van der Waals surface area contributed by atoms with Crippen molar-refractivity contribution in [3.63, 3.8) is 0 Å². The van der Waals surface area contributed by atoms with Crippen LogP contribution in [0.5, 0.6) is 0 Å². The van der Waals surface area contributed by atoms with Crippen LogP contribution < -0.4 is 16.6 Å². The van der Waals surface area contributed by atoms with Gasteiger partial charge in [0.15, 0.2) is 0 Å². The largest absolute Gasteiger partial charge is 0.480 e. The molecule has 1 atom stereocenters. The smallest absolute Gasteiger partial charge is 0.332 e. The fraction of sp³-hybridized carbons (Fsp3) is 0.438. The third kappa shape index (κ3) is 3.59. The van der Waals surface area contributed by atoms with Crippen LogP contribution in [0.2, 0.25) is 0 Å². The van der Waals surface area contributed by atoms with E-state index in [9.17, 15) is 24.3 Å². The number of carboxylic acid groups (broad SMARTS) is 1. The molecule has 2 N–H and O–H groups in total. The van der Waals surface area contributed by atoms with Crippen LogP contribution in [0, 0.1) is 5.92 Å². The number of hydrogen-bond donors (Lipinski definition) is 2. The highest BCUT2D eigenvalue weighted by Gasteiger charge is 2.22. The van der Waals surface area contributed by atoms with Gasteiger partial charge in [0.25, 0.3) is 11.5 Å². The summed E-state index contributed by atoms with van der Waals surface area (Å²) in [5.41, 5.74) is -0.887. The van der Waals surface area contributed by atoms with Gasteiger partial charge in [-0.2, -0.15) is 0 Å². The van der Waals surface area contributed by atoms with Gasteiger partial charge in [-0.3, -0.25) is 18.7 Å². The molecule has 0 saturated heterocycles. The minimum Gasteiger partial charge on any atom is -0.480 e. The highest BCUT2D eigenvalue weighted by atomic mass is 16.4. The van der Waals surface area contributed by atoms with Gasteiger partial charge in [-0.15, -0.1) is 0 Å². The fourth-order valence-corrected chi connectivity index (χ4v) is 2.52. The van der Waals surface area contributed by atoms with Crippen molar-refractivity contribution < 1.29 is 14.7 Å². The second kappa shape index (κ2) is 6.88. The summed E-state index contributed by atoms with van der Waals surface area (Å²) < 4.78 is 2.13. The number of rotatable bonds is 5. The van der Waals surface area contributed by atoms with Crippen LogP contribution in [0.1, 0.15) is 30.6 Å². The standard InChI is InChI=1S/C16H20N4O5/c1-8(2)5-11(15(23)24)18-13(21)9-6-10-12(17-7-9)19(3)16(25)20(4)14(10)22/h6-8,11H,5H2,1-4H3,(H,18,21)(H,23,24)/t11-/m0/s1. The number of hydrogen-bond acceptors (Lipinski definition) is 5. The van der Waals surface area contributed by atoms with Crippen LogP contribution in [0.25, 0.3) is 11.0 Å². The molecule has 0 unspecified atom stereocenters. The first-order chi connectivity index (χ1) is 11.6. The van der Waals surface area contributed by atoms with Crippen molar-refractivity contribution in [2.24, 2.45) is 20.0 Å². The van der Waals surface area contributed by atoms with E-state index >= 15 is 0 Å². The van der Waals surface area contributed by atoms with Gasteiger partial charge in [-0.1, -0.05) is 13.8 Å². The van der Waals surface area contributed by atoms with Crippen molar-refractivity contribution in [2.45, 2.75) is 26.3 Å². The first kappa shape index (κ1) is 18.4. The van der Waals surface area contributed by atoms with Crippen molar-refractivity contribution in [1.29, 1.82) is 0 Å². The van der Waals surface area contributed by atoms with E-state index in [1.165, 1.54) is 30.9 Å². The van der Waals surface area contributed by atoms with E-state index in [2.05, 4.69) is 10.3 Å². The molecule has 0 bridgehead atoms. The number of carboxylic acids is 1. The zero-order valence-electron chi connectivity index (χ0n) is 14.4. The molecular formula is C16H20N4O5. The predicted octanol–water partition coefficient (Wildman–Crippen LogP) is -0.139. The number of aromatic nitrogens is 3. The normalized spacial score (nSPS) is 12.4. The van der Waals surface area contributed by atoms with Crippen molar-refractivity contribution in [1.82, 2.24) is 19.4 Å². The van der Waals surface area contributed by atoms with E-state index in [4.69, 9.17) is 0 Å². The van der Waals surface area contributed by atoms with Gasteiger partial charge in [0.05, 0.1) is 10.9 Å². The molecule has 2 aromatic heterocycles. The molecule has 134 valence electrons. The minimum absolute atomic E-state index is 0.0539. The molecule has 2 heterocycles. The first-order valence-electron chi connectivity index (χ1n) is 7.73. The van der Waals surface area contributed by atoms with Crippen LogP contribution in [0.3, 0.4) is 0 Å². The summed E-state index contributed by atoms with van der Waals surface area (Å²) >= 11 is 0. The summed E-state index contributed by atoms with van der Waals surface area (Å²) in [7, 11) is 2.81. The number of carbonyl (C=O) groups excluding carboxylic acids is 1. The van der Waals surface area contributed by atoms with Crippen LogP contribution >= 0.6 is 0 Å². The molecule has 0 aromatic carbocycles. The summed E-state index contributed by atoms with van der Waals surface area (Å²) in [5.74, 6) is -1.69. The molecule has 0 aliphatic rings. The average molecular weight is 348 g/mol. The monoisotopic (exact) mass is 348 g/mol. The first-order valence-corrected chi connectivity index (χ1v) is 7.73. The van der Waals surface area contributed by atoms with Gasteiger partial charge < -0.3 is 10.4 Å². The van der Waals surface area contributed by atoms with Crippen molar-refractivity contribution >= 4 is 22.9 Å². The van der Waals surface area contributed by atoms with Gasteiger partial charge >= 0.3 is 11.7 Å². The highest BCUT2D eigenvalue weighted by molar-refractivity contribution is 5.98. The molecule has 9 nitrogen and oxygen atoms in total. The number of amides is 1. The van der Waals surface area contributed by atoms with E-state index in [1.54, 1.807) is 0 Å². The van der Waals surface area contributed by atoms with Gasteiger partial charge in [-0.05, 0) is 18.4 Å². The Labute approximate surface area is 142 Å². The molecule has 2 aromatic rings. The van der Waals surface area contributed by atoms with E-state index in [1.807, 2.05) is 13.8 Å². The molecule has 25 heavy (non-hydrogen) atoms. The number of aryl methyl sites for hydroxylation is 1. The Morgan fingerprint density at radius 3 is 2.44 bits per heavy atom. The Morgan fingerprint density at radius 2 is 1.88 bits per heavy atom. The van der Waals surface area contributed by atoms with Crippen LogP contribution in [0.4, 0.5) is 0 Å². The lowest BCUT2D eigenvalue weighted by atomic mass is 10.0. The topological polar surface area (TPSA) is 123 Å².